The third-order valence-corrected chi connectivity index (χ3v) is 3.39. The smallest absolute Gasteiger partial charge is 0.122 e. The first-order valence-corrected chi connectivity index (χ1v) is 7.01. The Balaban J connectivity index is 1.72. The van der Waals surface area contributed by atoms with Gasteiger partial charge in [0.2, 0.25) is 0 Å². The second kappa shape index (κ2) is 5.83. The number of aromatic nitrogens is 2. The summed E-state index contributed by atoms with van der Waals surface area (Å²) in [6.45, 7) is 4.65. The highest BCUT2D eigenvalue weighted by Crippen LogP contribution is 2.20. The van der Waals surface area contributed by atoms with E-state index in [4.69, 9.17) is 4.74 Å². The topological polar surface area (TPSA) is 27.1 Å². The quantitative estimate of drug-likeness (QED) is 0.719. The second-order valence-electron chi connectivity index (χ2n) is 5.19. The molecule has 0 aliphatic carbocycles. The van der Waals surface area contributed by atoms with Gasteiger partial charge in [-0.3, -0.25) is 0 Å². The third-order valence-electron chi connectivity index (χ3n) is 3.39. The van der Waals surface area contributed by atoms with Gasteiger partial charge < -0.3 is 4.74 Å². The monoisotopic (exact) mass is 278 g/mol. The van der Waals surface area contributed by atoms with Crippen molar-refractivity contribution in [2.75, 3.05) is 0 Å². The van der Waals surface area contributed by atoms with Gasteiger partial charge in [-0.15, -0.1) is 0 Å². The molecule has 106 valence electrons. The Morgan fingerprint density at radius 3 is 2.67 bits per heavy atom. The lowest BCUT2D eigenvalue weighted by Crippen LogP contribution is -1.97. The average molecular weight is 278 g/mol. The van der Waals surface area contributed by atoms with Crippen LogP contribution < -0.4 is 4.74 Å². The molecular weight excluding hydrogens is 260 g/mol. The highest BCUT2D eigenvalue weighted by molar-refractivity contribution is 5.36. The minimum absolute atomic E-state index is 0.525. The van der Waals surface area contributed by atoms with Crippen LogP contribution in [0.4, 0.5) is 0 Å². The van der Waals surface area contributed by atoms with Crippen molar-refractivity contribution in [1.82, 2.24) is 9.78 Å². The fraction of sp³-hybridized carbons (Fsp3) is 0.167. The SMILES string of the molecule is Cc1ccc(C)c(OCc2cnn(-c3ccccc3)c2)c1. The summed E-state index contributed by atoms with van der Waals surface area (Å²) in [6.07, 6.45) is 3.85. The molecule has 2 aromatic carbocycles. The molecule has 0 saturated carbocycles. The molecule has 0 fully saturated rings. The molecule has 0 radical (unpaired) electrons. The Labute approximate surface area is 124 Å². The third kappa shape index (κ3) is 3.14. The zero-order valence-corrected chi connectivity index (χ0v) is 12.3. The minimum Gasteiger partial charge on any atom is -0.489 e. The van der Waals surface area contributed by atoms with Crippen LogP contribution in [0.3, 0.4) is 0 Å². The summed E-state index contributed by atoms with van der Waals surface area (Å²) in [5, 5.41) is 4.38. The van der Waals surface area contributed by atoms with E-state index in [0.717, 1.165) is 22.6 Å². The summed E-state index contributed by atoms with van der Waals surface area (Å²) in [5.74, 6) is 0.933. The van der Waals surface area contributed by atoms with Crippen molar-refractivity contribution in [3.63, 3.8) is 0 Å². The van der Waals surface area contributed by atoms with E-state index in [0.29, 0.717) is 6.61 Å². The zero-order chi connectivity index (χ0) is 14.7. The summed E-state index contributed by atoms with van der Waals surface area (Å²) in [7, 11) is 0. The summed E-state index contributed by atoms with van der Waals surface area (Å²) in [6, 6.07) is 16.3. The molecule has 1 aromatic heterocycles. The Kier molecular flexibility index (Phi) is 3.73. The molecule has 0 bridgehead atoms. The Morgan fingerprint density at radius 2 is 1.86 bits per heavy atom. The van der Waals surface area contributed by atoms with Crippen LogP contribution in [0.15, 0.2) is 60.9 Å². The Bertz CT molecular complexity index is 732. The van der Waals surface area contributed by atoms with Gasteiger partial charge >= 0.3 is 0 Å². The first-order chi connectivity index (χ1) is 10.2. The van der Waals surface area contributed by atoms with E-state index in [2.05, 4.69) is 37.1 Å². The van der Waals surface area contributed by atoms with Gasteiger partial charge in [-0.2, -0.15) is 5.10 Å². The van der Waals surface area contributed by atoms with Crippen molar-refractivity contribution >= 4 is 0 Å². The molecular formula is C18H18N2O. The van der Waals surface area contributed by atoms with Gasteiger partial charge in [0, 0.05) is 11.8 Å². The number of ether oxygens (including phenoxy) is 1. The largest absolute Gasteiger partial charge is 0.489 e. The van der Waals surface area contributed by atoms with Gasteiger partial charge in [0.05, 0.1) is 11.9 Å². The van der Waals surface area contributed by atoms with E-state index < -0.39 is 0 Å². The fourth-order valence-corrected chi connectivity index (χ4v) is 2.18. The van der Waals surface area contributed by atoms with Crippen LogP contribution in [0, 0.1) is 13.8 Å². The number of para-hydroxylation sites is 1. The summed E-state index contributed by atoms with van der Waals surface area (Å²) in [5.41, 5.74) is 4.46. The highest BCUT2D eigenvalue weighted by atomic mass is 16.5. The highest BCUT2D eigenvalue weighted by Gasteiger charge is 2.04. The maximum atomic E-state index is 5.90. The van der Waals surface area contributed by atoms with Gasteiger partial charge in [0.25, 0.3) is 0 Å². The maximum absolute atomic E-state index is 5.90. The lowest BCUT2D eigenvalue weighted by Gasteiger charge is -2.08. The lowest BCUT2D eigenvalue weighted by molar-refractivity contribution is 0.304. The first-order valence-electron chi connectivity index (χ1n) is 7.01. The average Bonchev–Trinajstić information content (AvgIpc) is 2.98. The normalized spacial score (nSPS) is 10.6. The number of hydrogen-bond donors (Lipinski definition) is 0. The summed E-state index contributed by atoms with van der Waals surface area (Å²) < 4.78 is 7.76. The van der Waals surface area contributed by atoms with Crippen molar-refractivity contribution < 1.29 is 4.74 Å². The maximum Gasteiger partial charge on any atom is 0.122 e. The molecule has 0 unspecified atom stereocenters. The summed E-state index contributed by atoms with van der Waals surface area (Å²) >= 11 is 0. The molecule has 0 spiro atoms. The van der Waals surface area contributed by atoms with Gasteiger partial charge in [0.1, 0.15) is 12.4 Å². The molecule has 0 amide bonds. The van der Waals surface area contributed by atoms with Crippen LogP contribution in [0.2, 0.25) is 0 Å². The number of rotatable bonds is 4. The molecule has 0 N–H and O–H groups in total. The molecule has 3 aromatic rings. The van der Waals surface area contributed by atoms with Crippen LogP contribution in [0.1, 0.15) is 16.7 Å². The van der Waals surface area contributed by atoms with Crippen LogP contribution in [0.25, 0.3) is 5.69 Å². The molecule has 0 aliphatic rings. The molecule has 21 heavy (non-hydrogen) atoms. The molecule has 0 aliphatic heterocycles. The predicted molar refractivity (Wildman–Crippen MR) is 83.8 cm³/mol. The van der Waals surface area contributed by atoms with Crippen molar-refractivity contribution in [1.29, 1.82) is 0 Å². The Morgan fingerprint density at radius 1 is 1.05 bits per heavy atom. The number of benzene rings is 2. The van der Waals surface area contributed by atoms with Gasteiger partial charge in [-0.05, 0) is 43.2 Å². The van der Waals surface area contributed by atoms with Crippen molar-refractivity contribution in [3.8, 4) is 11.4 Å². The van der Waals surface area contributed by atoms with Crippen molar-refractivity contribution in [2.45, 2.75) is 20.5 Å². The van der Waals surface area contributed by atoms with E-state index in [1.807, 2.05) is 47.4 Å². The van der Waals surface area contributed by atoms with Crippen LogP contribution in [0.5, 0.6) is 5.75 Å². The first kappa shape index (κ1) is 13.4. The number of nitrogens with zero attached hydrogens (tertiary/aromatic N) is 2. The van der Waals surface area contributed by atoms with Crippen molar-refractivity contribution in [3.05, 3.63) is 77.6 Å². The molecule has 3 heteroatoms. The minimum atomic E-state index is 0.525. The van der Waals surface area contributed by atoms with E-state index >= 15 is 0 Å². The van der Waals surface area contributed by atoms with E-state index in [9.17, 15) is 0 Å². The van der Waals surface area contributed by atoms with Crippen molar-refractivity contribution in [2.24, 2.45) is 0 Å². The molecule has 3 rings (SSSR count). The second-order valence-corrected chi connectivity index (χ2v) is 5.19. The van der Waals surface area contributed by atoms with Crippen LogP contribution >= 0.6 is 0 Å². The fourth-order valence-electron chi connectivity index (χ4n) is 2.18. The van der Waals surface area contributed by atoms with E-state index in [-0.39, 0.29) is 0 Å². The number of aryl methyl sites for hydroxylation is 2. The van der Waals surface area contributed by atoms with Gasteiger partial charge in [0.15, 0.2) is 0 Å². The number of hydrogen-bond acceptors (Lipinski definition) is 2. The summed E-state index contributed by atoms with van der Waals surface area (Å²) in [4.78, 5) is 0. The molecule has 3 nitrogen and oxygen atoms in total. The van der Waals surface area contributed by atoms with Gasteiger partial charge in [-0.1, -0.05) is 30.3 Å². The standard InChI is InChI=1S/C18H18N2O/c1-14-8-9-15(2)18(10-14)21-13-16-11-19-20(12-16)17-6-4-3-5-7-17/h3-12H,13H2,1-2H3. The van der Waals surface area contributed by atoms with Crippen LogP contribution in [-0.4, -0.2) is 9.78 Å². The van der Waals surface area contributed by atoms with E-state index in [1.54, 1.807) is 0 Å². The predicted octanol–water partition coefficient (Wildman–Crippen LogP) is 4.07. The molecule has 0 saturated heterocycles. The van der Waals surface area contributed by atoms with Gasteiger partial charge in [-0.25, -0.2) is 4.68 Å². The van der Waals surface area contributed by atoms with Crippen LogP contribution in [-0.2, 0) is 6.61 Å². The van der Waals surface area contributed by atoms with E-state index in [1.165, 1.54) is 5.56 Å². The molecule has 1 heterocycles. The lowest BCUT2D eigenvalue weighted by atomic mass is 10.1. The Hall–Kier alpha value is -2.55. The molecule has 0 atom stereocenters. The zero-order valence-electron chi connectivity index (χ0n) is 12.3.